The number of carbonyl (C=O) groups excluding carboxylic acids is 1. The fraction of sp³-hybridized carbons (Fsp3) is 0.533. The van der Waals surface area contributed by atoms with E-state index in [0.717, 1.165) is 12.2 Å². The van der Waals surface area contributed by atoms with Gasteiger partial charge in [-0.15, -0.1) is 0 Å². The van der Waals surface area contributed by atoms with Gasteiger partial charge in [-0.25, -0.2) is 4.79 Å². The molecule has 20 heavy (non-hydrogen) atoms. The van der Waals surface area contributed by atoms with Crippen molar-refractivity contribution in [1.29, 1.82) is 0 Å². The number of hydrogen-bond donors (Lipinski definition) is 0. The summed E-state index contributed by atoms with van der Waals surface area (Å²) in [6.07, 6.45) is 0.844. The van der Waals surface area contributed by atoms with Gasteiger partial charge in [0.25, 0.3) is 0 Å². The van der Waals surface area contributed by atoms with Gasteiger partial charge in [-0.2, -0.15) is 0 Å². The Morgan fingerprint density at radius 2 is 1.95 bits per heavy atom. The maximum absolute atomic E-state index is 12.2. The fourth-order valence-electron chi connectivity index (χ4n) is 2.18. The van der Waals surface area contributed by atoms with E-state index in [-0.39, 0.29) is 6.03 Å². The second kappa shape index (κ2) is 7.14. The van der Waals surface area contributed by atoms with E-state index in [1.165, 1.54) is 5.56 Å². The smallest absolute Gasteiger partial charge is 0.319 e. The molecule has 2 amide bonds. The van der Waals surface area contributed by atoms with Crippen LogP contribution in [0, 0.1) is 0 Å². The summed E-state index contributed by atoms with van der Waals surface area (Å²) in [5, 5.41) is 0. The summed E-state index contributed by atoms with van der Waals surface area (Å²) in [7, 11) is 3.51. The number of carbonyl (C=O) groups is 1. The number of amides is 2. The Morgan fingerprint density at radius 1 is 1.30 bits per heavy atom. The molecule has 0 atom stereocenters. The van der Waals surface area contributed by atoms with Crippen LogP contribution in [0.3, 0.4) is 0 Å². The Hall–Kier alpha value is -1.75. The monoisotopic (exact) mass is 278 g/mol. The van der Waals surface area contributed by atoms with Gasteiger partial charge in [0, 0.05) is 26.7 Å². The van der Waals surface area contributed by atoms with E-state index in [9.17, 15) is 4.79 Å². The number of nitrogens with zero attached hydrogens (tertiary/aromatic N) is 2. The molecule has 1 aromatic carbocycles. The molecule has 0 N–H and O–H groups in total. The molecule has 2 rings (SSSR count). The van der Waals surface area contributed by atoms with Crippen molar-refractivity contribution >= 4 is 6.03 Å². The lowest BCUT2D eigenvalue weighted by molar-refractivity contribution is 0.0454. The number of methoxy groups -OCH3 is 1. The Bertz CT molecular complexity index is 427. The molecule has 0 radical (unpaired) electrons. The van der Waals surface area contributed by atoms with Crippen molar-refractivity contribution in [3.05, 3.63) is 29.8 Å². The van der Waals surface area contributed by atoms with Crippen molar-refractivity contribution in [2.24, 2.45) is 0 Å². The lowest BCUT2D eigenvalue weighted by Crippen LogP contribution is -2.47. The van der Waals surface area contributed by atoms with Crippen molar-refractivity contribution in [2.75, 3.05) is 47.0 Å². The van der Waals surface area contributed by atoms with Crippen LogP contribution in [0.5, 0.6) is 5.75 Å². The van der Waals surface area contributed by atoms with E-state index in [4.69, 9.17) is 9.47 Å². The number of hydrogen-bond acceptors (Lipinski definition) is 3. The summed E-state index contributed by atoms with van der Waals surface area (Å²) in [5.74, 6) is 0.853. The van der Waals surface area contributed by atoms with Gasteiger partial charge < -0.3 is 19.3 Å². The molecule has 1 saturated heterocycles. The van der Waals surface area contributed by atoms with Gasteiger partial charge in [-0.3, -0.25) is 0 Å². The van der Waals surface area contributed by atoms with Crippen LogP contribution >= 0.6 is 0 Å². The lowest BCUT2D eigenvalue weighted by atomic mass is 10.1. The van der Waals surface area contributed by atoms with Crippen molar-refractivity contribution in [3.63, 3.8) is 0 Å². The molecule has 1 heterocycles. The minimum Gasteiger partial charge on any atom is -0.497 e. The molecule has 1 aromatic rings. The van der Waals surface area contributed by atoms with Crippen molar-refractivity contribution in [2.45, 2.75) is 6.42 Å². The Balaban J connectivity index is 1.81. The zero-order valence-electron chi connectivity index (χ0n) is 12.2. The van der Waals surface area contributed by atoms with Gasteiger partial charge >= 0.3 is 6.03 Å². The molecule has 0 aliphatic carbocycles. The van der Waals surface area contributed by atoms with Gasteiger partial charge in [-0.1, -0.05) is 12.1 Å². The minimum absolute atomic E-state index is 0.0850. The fourth-order valence-corrected chi connectivity index (χ4v) is 2.18. The van der Waals surface area contributed by atoms with E-state index in [1.807, 2.05) is 36.2 Å². The average molecular weight is 278 g/mol. The molecule has 5 nitrogen and oxygen atoms in total. The van der Waals surface area contributed by atoms with E-state index in [2.05, 4.69) is 0 Å². The molecule has 0 spiro atoms. The van der Waals surface area contributed by atoms with E-state index in [0.29, 0.717) is 32.8 Å². The maximum Gasteiger partial charge on any atom is 0.319 e. The van der Waals surface area contributed by atoms with Crippen LogP contribution in [0.4, 0.5) is 4.79 Å². The average Bonchev–Trinajstić information content (AvgIpc) is 2.53. The predicted octanol–water partition coefficient (Wildman–Crippen LogP) is 1.62. The molecule has 0 bridgehead atoms. The zero-order chi connectivity index (χ0) is 14.4. The Labute approximate surface area is 120 Å². The second-order valence-corrected chi connectivity index (χ2v) is 4.90. The lowest BCUT2D eigenvalue weighted by Gasteiger charge is -2.31. The first kappa shape index (κ1) is 14.7. The van der Waals surface area contributed by atoms with Crippen LogP contribution in [0.25, 0.3) is 0 Å². The first-order chi connectivity index (χ1) is 9.70. The van der Waals surface area contributed by atoms with Gasteiger partial charge in [0.1, 0.15) is 5.75 Å². The van der Waals surface area contributed by atoms with Gasteiger partial charge in [-0.05, 0) is 24.1 Å². The highest BCUT2D eigenvalue weighted by atomic mass is 16.5. The SMILES string of the molecule is COc1ccc(CCN(C)C(=O)N2CCOCC2)cc1. The third-order valence-corrected chi connectivity index (χ3v) is 3.50. The highest BCUT2D eigenvalue weighted by Gasteiger charge is 2.19. The first-order valence-electron chi connectivity index (χ1n) is 6.91. The normalized spacial score (nSPS) is 15.0. The molecule has 110 valence electrons. The van der Waals surface area contributed by atoms with Crippen molar-refractivity contribution < 1.29 is 14.3 Å². The number of rotatable bonds is 4. The number of benzene rings is 1. The van der Waals surface area contributed by atoms with E-state index in [1.54, 1.807) is 12.0 Å². The summed E-state index contributed by atoms with van der Waals surface area (Å²) in [6.45, 7) is 3.36. The van der Waals surface area contributed by atoms with Gasteiger partial charge in [0.2, 0.25) is 0 Å². The molecule has 1 aliphatic heterocycles. The predicted molar refractivity (Wildman–Crippen MR) is 77.1 cm³/mol. The molecule has 1 aliphatic rings. The van der Waals surface area contributed by atoms with Crippen molar-refractivity contribution in [1.82, 2.24) is 9.80 Å². The quantitative estimate of drug-likeness (QED) is 0.840. The number of morpholine rings is 1. The number of ether oxygens (including phenoxy) is 2. The molecule has 0 saturated carbocycles. The van der Waals surface area contributed by atoms with Crippen LogP contribution in [0.1, 0.15) is 5.56 Å². The highest BCUT2D eigenvalue weighted by molar-refractivity contribution is 5.74. The van der Waals surface area contributed by atoms with E-state index >= 15 is 0 Å². The Kier molecular flexibility index (Phi) is 5.24. The summed E-state index contributed by atoms with van der Waals surface area (Å²) >= 11 is 0. The van der Waals surface area contributed by atoms with Gasteiger partial charge in [0.05, 0.1) is 20.3 Å². The molecule has 1 fully saturated rings. The molecular formula is C15H22N2O3. The maximum atomic E-state index is 12.2. The minimum atomic E-state index is 0.0850. The topological polar surface area (TPSA) is 42.0 Å². The van der Waals surface area contributed by atoms with E-state index < -0.39 is 0 Å². The first-order valence-corrected chi connectivity index (χ1v) is 6.91. The Morgan fingerprint density at radius 3 is 2.55 bits per heavy atom. The molecule has 0 aromatic heterocycles. The molecule has 0 unspecified atom stereocenters. The molecule has 5 heteroatoms. The van der Waals surface area contributed by atoms with Crippen molar-refractivity contribution in [3.8, 4) is 5.75 Å². The third-order valence-electron chi connectivity index (χ3n) is 3.50. The molecular weight excluding hydrogens is 256 g/mol. The standard InChI is InChI=1S/C15H22N2O3/c1-16(15(18)17-9-11-20-12-10-17)8-7-13-3-5-14(19-2)6-4-13/h3-6H,7-12H2,1-2H3. The second-order valence-electron chi connectivity index (χ2n) is 4.90. The summed E-state index contributed by atoms with van der Waals surface area (Å²) in [4.78, 5) is 15.8. The highest BCUT2D eigenvalue weighted by Crippen LogP contribution is 2.12. The third kappa shape index (κ3) is 3.87. The number of likely N-dealkylation sites (N-methyl/N-ethyl adjacent to an activating group) is 1. The summed E-state index contributed by atoms with van der Waals surface area (Å²) < 4.78 is 10.4. The summed E-state index contributed by atoms with van der Waals surface area (Å²) in [5.41, 5.74) is 1.20. The largest absolute Gasteiger partial charge is 0.497 e. The van der Waals surface area contributed by atoms with Crippen LogP contribution in [0.15, 0.2) is 24.3 Å². The number of urea groups is 1. The van der Waals surface area contributed by atoms with Gasteiger partial charge in [0.15, 0.2) is 0 Å². The summed E-state index contributed by atoms with van der Waals surface area (Å²) in [6, 6.07) is 8.04. The van der Waals surface area contributed by atoms with Crippen LogP contribution < -0.4 is 4.74 Å². The van der Waals surface area contributed by atoms with Crippen LogP contribution in [-0.4, -0.2) is 62.8 Å². The zero-order valence-corrected chi connectivity index (χ0v) is 12.2. The van der Waals surface area contributed by atoms with Crippen LogP contribution in [0.2, 0.25) is 0 Å². The van der Waals surface area contributed by atoms with Crippen LogP contribution in [-0.2, 0) is 11.2 Å².